The number of aryl methyl sites for hydroxylation is 1. The zero-order valence-electron chi connectivity index (χ0n) is 24.7. The first kappa shape index (κ1) is 31.2. The first-order valence-corrected chi connectivity index (χ1v) is 15.6. The third kappa shape index (κ3) is 7.95. The number of benzene rings is 3. The minimum atomic E-state index is -3.69. The standard InChI is InChI=1S/C30H30N6O4S.C2H6/c1-21-3-13-27(14-4-21)41(39,40)34-26-11-5-23(6-12-26)28-15-16-31-30(33-28)32-25-9-7-24(8-10-25)29(38)36-19-17-35(18-20-36)22(2)37;1-2/h3-16,34H,17-20H2,1-2H3,(H,31,32,33);1-2H3. The van der Waals surface area contributed by atoms with Crippen LogP contribution in [0.4, 0.5) is 17.3 Å². The fourth-order valence-corrected chi connectivity index (χ4v) is 5.51. The van der Waals surface area contributed by atoms with Gasteiger partial charge in [0.05, 0.1) is 10.6 Å². The highest BCUT2D eigenvalue weighted by atomic mass is 32.2. The van der Waals surface area contributed by atoms with E-state index in [2.05, 4.69) is 20.0 Å². The number of carbonyl (C=O) groups excluding carboxylic acids is 2. The van der Waals surface area contributed by atoms with Crippen LogP contribution in [0.5, 0.6) is 0 Å². The summed E-state index contributed by atoms with van der Waals surface area (Å²) in [6.45, 7) is 9.55. The molecule has 224 valence electrons. The topological polar surface area (TPSA) is 125 Å². The van der Waals surface area contributed by atoms with E-state index in [0.717, 1.165) is 16.8 Å². The Kier molecular flexibility index (Phi) is 10.1. The average Bonchev–Trinajstić information content (AvgIpc) is 3.03. The summed E-state index contributed by atoms with van der Waals surface area (Å²) >= 11 is 0. The summed E-state index contributed by atoms with van der Waals surface area (Å²) in [7, 11) is -3.69. The van der Waals surface area contributed by atoms with E-state index < -0.39 is 10.0 Å². The zero-order valence-corrected chi connectivity index (χ0v) is 25.6. The Morgan fingerprint density at radius 1 is 0.767 bits per heavy atom. The molecule has 1 aliphatic rings. The van der Waals surface area contributed by atoms with Crippen molar-refractivity contribution in [1.82, 2.24) is 19.8 Å². The van der Waals surface area contributed by atoms with Gasteiger partial charge in [0.25, 0.3) is 15.9 Å². The number of anilines is 3. The van der Waals surface area contributed by atoms with Gasteiger partial charge in [0.1, 0.15) is 0 Å². The summed E-state index contributed by atoms with van der Waals surface area (Å²) < 4.78 is 28.0. The van der Waals surface area contributed by atoms with E-state index in [0.29, 0.717) is 49.1 Å². The minimum Gasteiger partial charge on any atom is -0.339 e. The molecule has 2 N–H and O–H groups in total. The monoisotopic (exact) mass is 600 g/mol. The highest BCUT2D eigenvalue weighted by Crippen LogP contribution is 2.23. The van der Waals surface area contributed by atoms with E-state index in [4.69, 9.17) is 0 Å². The van der Waals surface area contributed by atoms with Gasteiger partial charge in [-0.1, -0.05) is 43.7 Å². The second-order valence-electron chi connectivity index (χ2n) is 9.76. The van der Waals surface area contributed by atoms with Crippen molar-refractivity contribution < 1.29 is 18.0 Å². The van der Waals surface area contributed by atoms with Crippen LogP contribution in [-0.2, 0) is 14.8 Å². The number of aromatic nitrogens is 2. The Bertz CT molecular complexity index is 1650. The van der Waals surface area contributed by atoms with Crippen LogP contribution in [0.1, 0.15) is 36.7 Å². The number of hydrogen-bond donors (Lipinski definition) is 2. The number of carbonyl (C=O) groups is 2. The quantitative estimate of drug-likeness (QED) is 0.294. The molecule has 1 saturated heterocycles. The van der Waals surface area contributed by atoms with Crippen molar-refractivity contribution in [2.45, 2.75) is 32.6 Å². The van der Waals surface area contributed by atoms with Gasteiger partial charge in [-0.2, -0.15) is 0 Å². The zero-order chi connectivity index (χ0) is 31.0. The highest BCUT2D eigenvalue weighted by molar-refractivity contribution is 7.92. The smallest absolute Gasteiger partial charge is 0.261 e. The molecule has 0 unspecified atom stereocenters. The largest absolute Gasteiger partial charge is 0.339 e. The predicted molar refractivity (Wildman–Crippen MR) is 169 cm³/mol. The van der Waals surface area contributed by atoms with Crippen LogP contribution in [0.2, 0.25) is 0 Å². The Morgan fingerprint density at radius 3 is 1.95 bits per heavy atom. The first-order valence-electron chi connectivity index (χ1n) is 14.1. The maximum absolute atomic E-state index is 12.9. The number of hydrogen-bond acceptors (Lipinski definition) is 7. The number of piperazine rings is 1. The van der Waals surface area contributed by atoms with Crippen LogP contribution < -0.4 is 10.0 Å². The molecule has 1 aromatic heterocycles. The maximum atomic E-state index is 12.9. The van der Waals surface area contributed by atoms with E-state index >= 15 is 0 Å². The van der Waals surface area contributed by atoms with Crippen molar-refractivity contribution in [3.8, 4) is 11.3 Å². The van der Waals surface area contributed by atoms with Crippen LogP contribution in [0.15, 0.2) is 90.0 Å². The van der Waals surface area contributed by atoms with Crippen molar-refractivity contribution in [2.24, 2.45) is 0 Å². The molecular formula is C32H36N6O4S. The van der Waals surface area contributed by atoms with E-state index in [1.807, 2.05) is 20.8 Å². The Labute approximate surface area is 252 Å². The molecule has 4 aromatic rings. The lowest BCUT2D eigenvalue weighted by molar-refractivity contribution is -0.130. The summed E-state index contributed by atoms with van der Waals surface area (Å²) in [4.78, 5) is 37.0. The molecular weight excluding hydrogens is 564 g/mol. The highest BCUT2D eigenvalue weighted by Gasteiger charge is 2.23. The molecule has 0 aliphatic carbocycles. The molecule has 5 rings (SSSR count). The summed E-state index contributed by atoms with van der Waals surface area (Å²) in [6, 6.07) is 22.5. The van der Waals surface area contributed by atoms with Gasteiger partial charge in [0.15, 0.2) is 0 Å². The molecule has 10 nitrogen and oxygen atoms in total. The summed E-state index contributed by atoms with van der Waals surface area (Å²) in [5.41, 5.74) is 4.17. The van der Waals surface area contributed by atoms with Gasteiger partial charge in [0.2, 0.25) is 11.9 Å². The molecule has 0 bridgehead atoms. The van der Waals surface area contributed by atoms with Gasteiger partial charge in [-0.3, -0.25) is 14.3 Å². The van der Waals surface area contributed by atoms with Crippen LogP contribution in [0, 0.1) is 6.92 Å². The predicted octanol–water partition coefficient (Wildman–Crippen LogP) is 5.33. The maximum Gasteiger partial charge on any atom is 0.261 e. The van der Waals surface area contributed by atoms with E-state index in [1.54, 1.807) is 102 Å². The third-order valence-electron chi connectivity index (χ3n) is 6.82. The van der Waals surface area contributed by atoms with Gasteiger partial charge >= 0.3 is 0 Å². The van der Waals surface area contributed by atoms with Crippen molar-refractivity contribution in [2.75, 3.05) is 36.2 Å². The van der Waals surface area contributed by atoms with E-state index in [1.165, 1.54) is 0 Å². The lowest BCUT2D eigenvalue weighted by Crippen LogP contribution is -2.50. The van der Waals surface area contributed by atoms with Crippen molar-refractivity contribution in [3.63, 3.8) is 0 Å². The van der Waals surface area contributed by atoms with Crippen LogP contribution in [-0.4, -0.2) is 66.2 Å². The average molecular weight is 601 g/mol. The first-order chi connectivity index (χ1) is 20.7. The van der Waals surface area contributed by atoms with Crippen LogP contribution >= 0.6 is 0 Å². The number of rotatable bonds is 7. The van der Waals surface area contributed by atoms with Crippen LogP contribution in [0.3, 0.4) is 0 Å². The Balaban J connectivity index is 0.00000207. The van der Waals surface area contributed by atoms with Gasteiger partial charge in [-0.15, -0.1) is 0 Å². The van der Waals surface area contributed by atoms with Crippen LogP contribution in [0.25, 0.3) is 11.3 Å². The number of nitrogens with one attached hydrogen (secondary N) is 2. The van der Waals surface area contributed by atoms with Crippen molar-refractivity contribution in [1.29, 1.82) is 0 Å². The molecule has 2 amide bonds. The second kappa shape index (κ2) is 13.9. The molecule has 0 spiro atoms. The molecule has 1 fully saturated rings. The van der Waals surface area contributed by atoms with Gasteiger partial charge in [0, 0.05) is 61.8 Å². The molecule has 3 aromatic carbocycles. The van der Waals surface area contributed by atoms with E-state index in [9.17, 15) is 18.0 Å². The normalized spacial score (nSPS) is 13.0. The number of nitrogens with zero attached hydrogens (tertiary/aromatic N) is 4. The van der Waals surface area contributed by atoms with Gasteiger partial charge in [-0.05, 0) is 61.5 Å². The molecule has 11 heteroatoms. The lowest BCUT2D eigenvalue weighted by atomic mass is 10.1. The molecule has 1 aliphatic heterocycles. The molecule has 43 heavy (non-hydrogen) atoms. The Morgan fingerprint density at radius 2 is 1.35 bits per heavy atom. The van der Waals surface area contributed by atoms with Crippen molar-refractivity contribution >= 4 is 39.2 Å². The lowest BCUT2D eigenvalue weighted by Gasteiger charge is -2.34. The van der Waals surface area contributed by atoms with Gasteiger partial charge < -0.3 is 15.1 Å². The van der Waals surface area contributed by atoms with Crippen molar-refractivity contribution in [3.05, 3.63) is 96.2 Å². The van der Waals surface area contributed by atoms with E-state index in [-0.39, 0.29) is 16.7 Å². The summed E-state index contributed by atoms with van der Waals surface area (Å²) in [5, 5.41) is 3.16. The van der Waals surface area contributed by atoms with Gasteiger partial charge in [-0.25, -0.2) is 18.4 Å². The third-order valence-corrected chi connectivity index (χ3v) is 8.22. The fraction of sp³-hybridized carbons (Fsp3) is 0.250. The molecule has 0 radical (unpaired) electrons. The molecule has 0 atom stereocenters. The SMILES string of the molecule is CC.CC(=O)N1CCN(C(=O)c2ccc(Nc3nccc(-c4ccc(NS(=O)(=O)c5ccc(C)cc5)cc4)n3)cc2)CC1. The summed E-state index contributed by atoms with van der Waals surface area (Å²) in [6.07, 6.45) is 1.64. The summed E-state index contributed by atoms with van der Waals surface area (Å²) in [5.74, 6) is 0.339. The molecule has 0 saturated carbocycles. The minimum absolute atomic E-state index is 0.0252. The number of sulfonamides is 1. The fourth-order valence-electron chi connectivity index (χ4n) is 4.45. The molecule has 2 heterocycles. The Hall–Kier alpha value is -4.77. The second-order valence-corrected chi connectivity index (χ2v) is 11.4. The number of amides is 2.